The Morgan fingerprint density at radius 3 is 2.77 bits per heavy atom. The minimum Gasteiger partial charge on any atom is -0.395 e. The van der Waals surface area contributed by atoms with Crippen LogP contribution in [0.25, 0.3) is 17.0 Å². The maximum Gasteiger partial charge on any atom is 0.271 e. The monoisotopic (exact) mass is 373 g/mol. The van der Waals surface area contributed by atoms with Crippen LogP contribution in [0, 0.1) is 13.8 Å². The van der Waals surface area contributed by atoms with Gasteiger partial charge < -0.3 is 16.2 Å². The molecule has 7 nitrogen and oxygen atoms in total. The number of hydrogen-bond donors (Lipinski definition) is 3. The van der Waals surface area contributed by atoms with E-state index in [1.54, 1.807) is 10.6 Å². The van der Waals surface area contributed by atoms with Gasteiger partial charge in [0.05, 0.1) is 17.3 Å². The van der Waals surface area contributed by atoms with Crippen LogP contribution >= 0.6 is 11.6 Å². The topological polar surface area (TPSA) is 106 Å². The van der Waals surface area contributed by atoms with Crippen molar-refractivity contribution in [1.29, 1.82) is 0 Å². The summed E-state index contributed by atoms with van der Waals surface area (Å²) in [7, 11) is 0. The van der Waals surface area contributed by atoms with Crippen LogP contribution in [0.5, 0.6) is 0 Å². The number of fused-ring (bicyclic) bond motifs is 1. The summed E-state index contributed by atoms with van der Waals surface area (Å²) in [6, 6.07) is 5.77. The minimum atomic E-state index is -0.377. The molecule has 0 aliphatic rings. The summed E-state index contributed by atoms with van der Waals surface area (Å²) < 4.78 is 1.74. The van der Waals surface area contributed by atoms with Gasteiger partial charge in [-0.3, -0.25) is 9.20 Å². The van der Waals surface area contributed by atoms with E-state index >= 15 is 0 Å². The fourth-order valence-electron chi connectivity index (χ4n) is 2.87. The highest BCUT2D eigenvalue weighted by molar-refractivity contribution is 6.33. The van der Waals surface area contributed by atoms with Gasteiger partial charge in [-0.2, -0.15) is 0 Å². The number of imidazole rings is 1. The predicted octanol–water partition coefficient (Wildman–Crippen LogP) is 1.85. The number of nitrogens with two attached hydrogens (primary N) is 1. The van der Waals surface area contributed by atoms with E-state index in [4.69, 9.17) is 22.4 Å². The van der Waals surface area contributed by atoms with Crippen LogP contribution in [-0.4, -0.2) is 38.5 Å². The van der Waals surface area contributed by atoms with E-state index in [2.05, 4.69) is 15.3 Å². The number of amides is 1. The lowest BCUT2D eigenvalue weighted by Gasteiger charge is -2.15. The third-order valence-electron chi connectivity index (χ3n) is 4.13. The number of nitrogens with zero attached hydrogens (tertiary/aromatic N) is 3. The van der Waals surface area contributed by atoms with E-state index in [1.807, 2.05) is 32.0 Å². The molecule has 0 fully saturated rings. The highest BCUT2D eigenvalue weighted by atomic mass is 35.5. The van der Waals surface area contributed by atoms with Crippen molar-refractivity contribution < 1.29 is 9.90 Å². The smallest absolute Gasteiger partial charge is 0.271 e. The zero-order valence-electron chi connectivity index (χ0n) is 14.6. The molecular formula is C18H20ClN5O2. The van der Waals surface area contributed by atoms with Crippen LogP contribution in [0.1, 0.15) is 27.3 Å². The number of aryl methyl sites for hydroxylation is 2. The molecule has 4 N–H and O–H groups in total. The first-order chi connectivity index (χ1) is 12.5. The maximum absolute atomic E-state index is 12.2. The Hall–Kier alpha value is -2.48. The van der Waals surface area contributed by atoms with Crippen LogP contribution in [-0.2, 0) is 6.54 Å². The lowest BCUT2D eigenvalue weighted by Crippen LogP contribution is -2.26. The van der Waals surface area contributed by atoms with Crippen LogP contribution in [0.15, 0.2) is 24.4 Å². The molecule has 0 aliphatic heterocycles. The van der Waals surface area contributed by atoms with E-state index < -0.39 is 0 Å². The number of aliphatic hydroxyl groups excluding tert-OH is 1. The van der Waals surface area contributed by atoms with Crippen molar-refractivity contribution in [3.63, 3.8) is 0 Å². The molecule has 136 valence electrons. The van der Waals surface area contributed by atoms with E-state index in [9.17, 15) is 4.79 Å². The average molecular weight is 374 g/mol. The number of carbonyl (C=O) groups excluding carboxylic acids is 1. The number of aliphatic hydroxyl groups is 1. The summed E-state index contributed by atoms with van der Waals surface area (Å²) >= 11 is 6.48. The minimum absolute atomic E-state index is 0.141. The van der Waals surface area contributed by atoms with Gasteiger partial charge in [-0.15, -0.1) is 0 Å². The summed E-state index contributed by atoms with van der Waals surface area (Å²) in [5, 5.41) is 12.0. The molecule has 2 heterocycles. The Kier molecular flexibility index (Phi) is 5.22. The summed E-state index contributed by atoms with van der Waals surface area (Å²) in [5.41, 5.74) is 10.4. The number of aromatic nitrogens is 3. The third kappa shape index (κ3) is 3.29. The van der Waals surface area contributed by atoms with Crippen LogP contribution in [0.2, 0.25) is 5.02 Å². The predicted molar refractivity (Wildman–Crippen MR) is 100 cm³/mol. The number of halogens is 1. The van der Waals surface area contributed by atoms with Crippen molar-refractivity contribution in [3.8, 4) is 11.3 Å². The third-order valence-corrected chi connectivity index (χ3v) is 4.45. The molecule has 1 aromatic carbocycles. The average Bonchev–Trinajstić information content (AvgIpc) is 3.02. The van der Waals surface area contributed by atoms with E-state index in [1.165, 1.54) is 0 Å². The van der Waals surface area contributed by atoms with Gasteiger partial charge >= 0.3 is 0 Å². The van der Waals surface area contributed by atoms with Crippen molar-refractivity contribution in [2.75, 3.05) is 13.2 Å². The Labute approximate surface area is 155 Å². The zero-order valence-corrected chi connectivity index (χ0v) is 15.3. The molecule has 2 aromatic heterocycles. The number of hydrogen-bond acceptors (Lipinski definition) is 5. The van der Waals surface area contributed by atoms with Gasteiger partial charge in [0, 0.05) is 36.1 Å². The van der Waals surface area contributed by atoms with Gasteiger partial charge in [0.25, 0.3) is 5.91 Å². The number of nitrogens with one attached hydrogen (secondary N) is 1. The fraction of sp³-hybridized carbons (Fsp3) is 0.278. The van der Waals surface area contributed by atoms with Gasteiger partial charge in [0.1, 0.15) is 5.69 Å². The summed E-state index contributed by atoms with van der Waals surface area (Å²) in [5.74, 6) is 0.0120. The molecule has 0 radical (unpaired) electrons. The van der Waals surface area contributed by atoms with Crippen molar-refractivity contribution in [3.05, 3.63) is 51.9 Å². The molecule has 0 aliphatic carbocycles. The van der Waals surface area contributed by atoms with E-state index in [-0.39, 0.29) is 31.3 Å². The second-order valence-electron chi connectivity index (χ2n) is 5.99. The Balaban J connectivity index is 2.25. The second-order valence-corrected chi connectivity index (χ2v) is 6.39. The van der Waals surface area contributed by atoms with Gasteiger partial charge in [0.2, 0.25) is 5.78 Å². The van der Waals surface area contributed by atoms with Crippen LogP contribution < -0.4 is 11.1 Å². The van der Waals surface area contributed by atoms with Crippen molar-refractivity contribution in [1.82, 2.24) is 19.7 Å². The molecule has 0 unspecified atom stereocenters. The molecule has 3 rings (SSSR count). The molecule has 0 bridgehead atoms. The number of benzene rings is 1. The molecule has 0 saturated heterocycles. The number of rotatable bonds is 5. The summed E-state index contributed by atoms with van der Waals surface area (Å²) in [6.07, 6.45) is 1.61. The molecular weight excluding hydrogens is 354 g/mol. The Morgan fingerprint density at radius 2 is 2.12 bits per heavy atom. The highest BCUT2D eigenvalue weighted by Gasteiger charge is 2.19. The molecule has 26 heavy (non-hydrogen) atoms. The van der Waals surface area contributed by atoms with Crippen LogP contribution in [0.3, 0.4) is 0 Å². The first-order valence-electron chi connectivity index (χ1n) is 8.20. The maximum atomic E-state index is 12.2. The first kappa shape index (κ1) is 18.3. The highest BCUT2D eigenvalue weighted by Crippen LogP contribution is 2.32. The quantitative estimate of drug-likeness (QED) is 0.633. The summed E-state index contributed by atoms with van der Waals surface area (Å²) in [6.45, 7) is 4.11. The van der Waals surface area contributed by atoms with Crippen molar-refractivity contribution >= 4 is 23.3 Å². The van der Waals surface area contributed by atoms with E-state index in [0.717, 1.165) is 28.1 Å². The lowest BCUT2D eigenvalue weighted by atomic mass is 10.0. The molecule has 0 saturated carbocycles. The van der Waals surface area contributed by atoms with Gasteiger partial charge in [-0.25, -0.2) is 9.97 Å². The van der Waals surface area contributed by atoms with Crippen LogP contribution in [0.4, 0.5) is 0 Å². The molecule has 3 aromatic rings. The summed E-state index contributed by atoms with van der Waals surface area (Å²) in [4.78, 5) is 21.0. The Bertz CT molecular complexity index is 983. The molecule has 0 atom stereocenters. The van der Waals surface area contributed by atoms with Crippen molar-refractivity contribution in [2.45, 2.75) is 20.4 Å². The van der Waals surface area contributed by atoms with Gasteiger partial charge in [-0.1, -0.05) is 23.7 Å². The fourth-order valence-corrected chi connectivity index (χ4v) is 3.19. The van der Waals surface area contributed by atoms with Gasteiger partial charge in [0.15, 0.2) is 0 Å². The second kappa shape index (κ2) is 7.41. The normalized spacial score (nSPS) is 11.1. The lowest BCUT2D eigenvalue weighted by molar-refractivity contribution is 0.0940. The van der Waals surface area contributed by atoms with E-state index in [0.29, 0.717) is 10.8 Å². The molecule has 8 heteroatoms. The number of carbonyl (C=O) groups is 1. The molecule has 1 amide bonds. The SMILES string of the molecule is Cc1ccc(-c2c(CN)c(C)nc3nc(C(=O)NCCO)cn23)c(Cl)c1. The first-order valence-corrected chi connectivity index (χ1v) is 8.58. The van der Waals surface area contributed by atoms with Gasteiger partial charge in [-0.05, 0) is 25.5 Å². The molecule has 0 spiro atoms. The largest absolute Gasteiger partial charge is 0.395 e. The van der Waals surface area contributed by atoms with Crippen molar-refractivity contribution in [2.24, 2.45) is 5.73 Å². The Morgan fingerprint density at radius 1 is 1.35 bits per heavy atom. The standard InChI is InChI=1S/C18H20ClN5O2/c1-10-3-4-12(14(19)7-10)16-13(8-20)11(2)22-18-23-15(9-24(16)18)17(26)21-5-6-25/h3-4,7,9,25H,5-6,8,20H2,1-2H3,(H,21,26). The zero-order chi connectivity index (χ0) is 18.8.